The van der Waals surface area contributed by atoms with Gasteiger partial charge in [0.05, 0.1) is 18.6 Å². The molecule has 0 radical (unpaired) electrons. The van der Waals surface area contributed by atoms with Crippen LogP contribution in [0.25, 0.3) is 11.1 Å². The average molecular weight is 559 g/mol. The second-order valence-electron chi connectivity index (χ2n) is 12.2. The van der Waals surface area contributed by atoms with Crippen molar-refractivity contribution in [2.75, 3.05) is 13.1 Å². The van der Waals surface area contributed by atoms with E-state index in [1.165, 1.54) is 31.4 Å². The molecule has 1 aliphatic heterocycles. The van der Waals surface area contributed by atoms with Gasteiger partial charge in [0.15, 0.2) is 0 Å². The number of halogens is 4. The van der Waals surface area contributed by atoms with Gasteiger partial charge in [-0.2, -0.15) is 0 Å². The molecule has 0 aromatic heterocycles. The Kier molecular flexibility index (Phi) is 7.92. The van der Waals surface area contributed by atoms with Crippen molar-refractivity contribution in [3.63, 3.8) is 0 Å². The monoisotopic (exact) mass is 558 g/mol. The van der Waals surface area contributed by atoms with E-state index in [1.54, 1.807) is 12.1 Å². The largest absolute Gasteiger partial charge is 0.373 e. The van der Waals surface area contributed by atoms with Gasteiger partial charge in [0.2, 0.25) is 5.91 Å². The third-order valence-corrected chi connectivity index (χ3v) is 9.28. The van der Waals surface area contributed by atoms with E-state index in [0.29, 0.717) is 35.6 Å². The molecule has 1 N–H and O–H groups in total. The summed E-state index contributed by atoms with van der Waals surface area (Å²) in [7, 11) is 0. The summed E-state index contributed by atoms with van der Waals surface area (Å²) >= 11 is 0. The Morgan fingerprint density at radius 1 is 0.950 bits per heavy atom. The van der Waals surface area contributed by atoms with E-state index in [4.69, 9.17) is 4.74 Å². The standard InChI is InChI=1S/C32H38F4N2O2/c33-23-16-22(17-24(34)19-23)27-7-1-4-21(30(27)20-9-10-20)18-29(39)37-31-28(8-3-13-32(31,35)36)40-26-11-14-38(15-12-26)25-5-2-6-25/h1,4,7,16-17,19-20,25-26,28,31H,2-3,5-6,8-15,18H2,(H,37,39)/t28-,31+/m0/s1. The predicted molar refractivity (Wildman–Crippen MR) is 145 cm³/mol. The van der Waals surface area contributed by atoms with Crippen LogP contribution in [0.4, 0.5) is 17.6 Å². The molecule has 40 heavy (non-hydrogen) atoms. The van der Waals surface area contributed by atoms with Crippen LogP contribution in [0.3, 0.4) is 0 Å². The quantitative estimate of drug-likeness (QED) is 0.364. The number of alkyl halides is 2. The Bertz CT molecular complexity index is 1200. The van der Waals surface area contributed by atoms with Crippen molar-refractivity contribution in [1.29, 1.82) is 0 Å². The molecule has 4 aliphatic rings. The maximum absolute atomic E-state index is 15.2. The molecule has 2 aromatic rings. The number of piperidine rings is 1. The van der Waals surface area contributed by atoms with E-state index in [0.717, 1.165) is 50.4 Å². The third-order valence-electron chi connectivity index (χ3n) is 9.28. The van der Waals surface area contributed by atoms with E-state index in [1.807, 2.05) is 6.07 Å². The Morgan fingerprint density at radius 2 is 1.68 bits per heavy atom. The lowest BCUT2D eigenvalue weighted by Gasteiger charge is -2.44. The minimum absolute atomic E-state index is 0.0700. The van der Waals surface area contributed by atoms with Crippen molar-refractivity contribution in [2.45, 2.75) is 107 Å². The lowest BCUT2D eigenvalue weighted by Crippen LogP contribution is -2.59. The summed E-state index contributed by atoms with van der Waals surface area (Å²) in [6.07, 6.45) is 7.00. The van der Waals surface area contributed by atoms with Crippen molar-refractivity contribution >= 4 is 5.91 Å². The molecule has 2 aromatic carbocycles. The molecule has 8 heteroatoms. The molecular weight excluding hydrogens is 520 g/mol. The van der Waals surface area contributed by atoms with Crippen LogP contribution in [-0.4, -0.2) is 54.1 Å². The number of likely N-dealkylation sites (tertiary alicyclic amines) is 1. The molecule has 1 amide bonds. The highest BCUT2D eigenvalue weighted by molar-refractivity contribution is 5.81. The van der Waals surface area contributed by atoms with Gasteiger partial charge in [0.25, 0.3) is 5.92 Å². The average Bonchev–Trinajstić information content (AvgIpc) is 3.71. The van der Waals surface area contributed by atoms with Gasteiger partial charge in [0, 0.05) is 31.6 Å². The molecule has 0 spiro atoms. The number of nitrogens with one attached hydrogen (secondary N) is 1. The number of hydrogen-bond donors (Lipinski definition) is 1. The summed E-state index contributed by atoms with van der Waals surface area (Å²) in [5.74, 6) is -4.68. The number of ether oxygens (including phenoxy) is 1. The first kappa shape index (κ1) is 27.7. The SMILES string of the molecule is O=C(Cc1cccc(-c2cc(F)cc(F)c2)c1C1CC1)N[C@@H]1[C@@H](OC2CCN(C3CCC3)CC2)CCCC1(F)F. The smallest absolute Gasteiger partial charge is 0.270 e. The van der Waals surface area contributed by atoms with Crippen molar-refractivity contribution in [3.05, 3.63) is 59.2 Å². The highest BCUT2D eigenvalue weighted by Crippen LogP contribution is 2.46. The summed E-state index contributed by atoms with van der Waals surface area (Å²) in [6.45, 7) is 1.87. The molecule has 1 heterocycles. The number of carbonyl (C=O) groups excluding carboxylic acids is 1. The van der Waals surface area contributed by atoms with E-state index >= 15 is 8.78 Å². The van der Waals surface area contributed by atoms with Gasteiger partial charge in [-0.15, -0.1) is 0 Å². The maximum atomic E-state index is 15.2. The van der Waals surface area contributed by atoms with Crippen molar-refractivity contribution in [2.24, 2.45) is 0 Å². The molecule has 4 fully saturated rings. The fourth-order valence-electron chi connectivity index (χ4n) is 6.83. The van der Waals surface area contributed by atoms with Gasteiger partial charge in [0.1, 0.15) is 17.7 Å². The Hall–Kier alpha value is -2.45. The summed E-state index contributed by atoms with van der Waals surface area (Å²) < 4.78 is 64.7. The third kappa shape index (κ3) is 6.08. The van der Waals surface area contributed by atoms with Crippen LogP contribution < -0.4 is 5.32 Å². The molecule has 4 nitrogen and oxygen atoms in total. The first-order chi connectivity index (χ1) is 19.3. The van der Waals surface area contributed by atoms with Gasteiger partial charge in [-0.1, -0.05) is 24.6 Å². The number of carbonyl (C=O) groups is 1. The minimum atomic E-state index is -3.05. The lowest BCUT2D eigenvalue weighted by atomic mass is 9.87. The highest BCUT2D eigenvalue weighted by Gasteiger charge is 2.49. The van der Waals surface area contributed by atoms with Crippen LogP contribution in [0, 0.1) is 11.6 Å². The second-order valence-corrected chi connectivity index (χ2v) is 12.2. The zero-order chi connectivity index (χ0) is 27.9. The van der Waals surface area contributed by atoms with Crippen LogP contribution in [-0.2, 0) is 16.0 Å². The van der Waals surface area contributed by atoms with Gasteiger partial charge in [-0.3, -0.25) is 4.79 Å². The molecule has 6 rings (SSSR count). The number of nitrogens with zero attached hydrogens (tertiary/aromatic N) is 1. The molecule has 0 bridgehead atoms. The van der Waals surface area contributed by atoms with Gasteiger partial charge < -0.3 is 15.0 Å². The molecule has 3 saturated carbocycles. The predicted octanol–water partition coefficient (Wildman–Crippen LogP) is 6.76. The molecule has 0 unspecified atom stereocenters. The first-order valence-corrected chi connectivity index (χ1v) is 14.9. The van der Waals surface area contributed by atoms with E-state index < -0.39 is 35.6 Å². The van der Waals surface area contributed by atoms with Crippen molar-refractivity contribution in [3.8, 4) is 11.1 Å². The number of benzene rings is 2. The van der Waals surface area contributed by atoms with Gasteiger partial charge in [-0.25, -0.2) is 17.6 Å². The molecular formula is C32H38F4N2O2. The minimum Gasteiger partial charge on any atom is -0.373 e. The Morgan fingerprint density at radius 3 is 2.33 bits per heavy atom. The number of amides is 1. The summed E-state index contributed by atoms with van der Waals surface area (Å²) in [5, 5.41) is 2.66. The second kappa shape index (κ2) is 11.4. The maximum Gasteiger partial charge on any atom is 0.270 e. The summed E-state index contributed by atoms with van der Waals surface area (Å²) in [5.41, 5.74) is 2.69. The molecule has 3 aliphatic carbocycles. The summed E-state index contributed by atoms with van der Waals surface area (Å²) in [6, 6.07) is 8.08. The van der Waals surface area contributed by atoms with Gasteiger partial charge in [-0.05, 0) is 91.7 Å². The zero-order valence-corrected chi connectivity index (χ0v) is 22.8. The number of rotatable bonds is 8. The fourth-order valence-corrected chi connectivity index (χ4v) is 6.83. The van der Waals surface area contributed by atoms with Crippen molar-refractivity contribution in [1.82, 2.24) is 10.2 Å². The molecule has 1 saturated heterocycles. The van der Waals surface area contributed by atoms with Gasteiger partial charge >= 0.3 is 0 Å². The van der Waals surface area contributed by atoms with Crippen LogP contribution >= 0.6 is 0 Å². The Balaban J connectivity index is 1.15. The van der Waals surface area contributed by atoms with E-state index in [9.17, 15) is 13.6 Å². The summed E-state index contributed by atoms with van der Waals surface area (Å²) in [4.78, 5) is 15.8. The van der Waals surface area contributed by atoms with Crippen molar-refractivity contribution < 1.29 is 27.1 Å². The molecule has 2 atom stereocenters. The molecule has 216 valence electrons. The van der Waals surface area contributed by atoms with Crippen LogP contribution in [0.5, 0.6) is 0 Å². The lowest BCUT2D eigenvalue weighted by molar-refractivity contribution is -0.158. The van der Waals surface area contributed by atoms with Crippen LogP contribution in [0.1, 0.15) is 81.3 Å². The zero-order valence-electron chi connectivity index (χ0n) is 22.8. The van der Waals surface area contributed by atoms with E-state index in [2.05, 4.69) is 10.2 Å². The normalized spacial score (nSPS) is 25.9. The number of hydrogen-bond acceptors (Lipinski definition) is 3. The van der Waals surface area contributed by atoms with Crippen LogP contribution in [0.2, 0.25) is 0 Å². The topological polar surface area (TPSA) is 41.6 Å². The van der Waals surface area contributed by atoms with Crippen LogP contribution in [0.15, 0.2) is 36.4 Å². The van der Waals surface area contributed by atoms with E-state index in [-0.39, 0.29) is 24.9 Å². The first-order valence-electron chi connectivity index (χ1n) is 14.9. The highest BCUT2D eigenvalue weighted by atomic mass is 19.3. The Labute approximate surface area is 233 Å². The fraction of sp³-hybridized carbons (Fsp3) is 0.594.